The Balaban J connectivity index is 2.21. The molecule has 0 bridgehead atoms. The Hall–Kier alpha value is -1.46. The summed E-state index contributed by atoms with van der Waals surface area (Å²) in [5, 5.41) is 2.29. The zero-order valence-corrected chi connectivity index (χ0v) is 9.55. The van der Waals surface area contributed by atoms with Crippen molar-refractivity contribution in [3.05, 3.63) is 40.7 Å². The number of nitrogens with two attached hydrogens (primary N) is 1. The third-order valence-electron chi connectivity index (χ3n) is 2.03. The molecule has 0 fully saturated rings. The second kappa shape index (κ2) is 4.59. The van der Waals surface area contributed by atoms with Gasteiger partial charge in [0.2, 0.25) is 0 Å². The highest BCUT2D eigenvalue weighted by molar-refractivity contribution is 7.11. The van der Waals surface area contributed by atoms with Crippen LogP contribution in [0.15, 0.2) is 23.6 Å². The lowest BCUT2D eigenvalue weighted by Gasteiger charge is -2.04. The molecule has 0 spiro atoms. The van der Waals surface area contributed by atoms with Crippen molar-refractivity contribution in [3.63, 3.8) is 0 Å². The maximum Gasteiger partial charge on any atom is 0.278 e. The van der Waals surface area contributed by atoms with Gasteiger partial charge in [0.25, 0.3) is 5.19 Å². The lowest BCUT2D eigenvalue weighted by Crippen LogP contribution is -1.97. The van der Waals surface area contributed by atoms with E-state index in [9.17, 15) is 4.39 Å². The molecule has 1 aromatic heterocycles. The number of hydrogen-bond acceptors (Lipinski definition) is 4. The zero-order valence-electron chi connectivity index (χ0n) is 8.74. The van der Waals surface area contributed by atoms with Gasteiger partial charge < -0.3 is 10.5 Å². The van der Waals surface area contributed by atoms with Crippen molar-refractivity contribution in [2.24, 2.45) is 5.73 Å². The lowest BCUT2D eigenvalue weighted by atomic mass is 10.2. The molecule has 0 atom stereocenters. The minimum atomic E-state index is -0.421. The molecule has 0 radical (unpaired) electrons. The number of ether oxygens (including phenoxy) is 1. The van der Waals surface area contributed by atoms with Gasteiger partial charge in [-0.15, -0.1) is 0 Å². The van der Waals surface area contributed by atoms with E-state index in [2.05, 4.69) is 4.98 Å². The van der Waals surface area contributed by atoms with Gasteiger partial charge in [0.15, 0.2) is 11.6 Å². The number of halogens is 1. The molecule has 0 unspecified atom stereocenters. The van der Waals surface area contributed by atoms with Gasteiger partial charge in [0.1, 0.15) is 0 Å². The third kappa shape index (κ3) is 2.37. The summed E-state index contributed by atoms with van der Waals surface area (Å²) in [7, 11) is 0. The van der Waals surface area contributed by atoms with Crippen molar-refractivity contribution in [3.8, 4) is 10.9 Å². The largest absolute Gasteiger partial charge is 0.428 e. The topological polar surface area (TPSA) is 48.1 Å². The Kier molecular flexibility index (Phi) is 3.17. The van der Waals surface area contributed by atoms with Gasteiger partial charge in [0, 0.05) is 11.9 Å². The Bertz CT molecular complexity index is 498. The molecule has 2 rings (SSSR count). The molecule has 0 aliphatic heterocycles. The van der Waals surface area contributed by atoms with E-state index in [1.807, 2.05) is 12.3 Å². The van der Waals surface area contributed by atoms with E-state index in [0.29, 0.717) is 11.7 Å². The Morgan fingerprint density at radius 2 is 2.31 bits per heavy atom. The third-order valence-corrected chi connectivity index (χ3v) is 2.86. The van der Waals surface area contributed by atoms with Crippen molar-refractivity contribution in [2.75, 3.05) is 0 Å². The van der Waals surface area contributed by atoms with Crippen molar-refractivity contribution < 1.29 is 9.13 Å². The summed E-state index contributed by atoms with van der Waals surface area (Å²) in [4.78, 5) is 4.09. The minimum absolute atomic E-state index is 0.173. The van der Waals surface area contributed by atoms with Gasteiger partial charge in [-0.2, -0.15) is 0 Å². The molecule has 3 nitrogen and oxygen atoms in total. The molecular formula is C11H11FN2OS. The normalized spacial score (nSPS) is 10.4. The first-order valence-corrected chi connectivity index (χ1v) is 5.65. The SMILES string of the molecule is Cc1csc(Oc2ccc(CN)cc2F)n1. The van der Waals surface area contributed by atoms with Crippen LogP contribution in [0.25, 0.3) is 0 Å². The maximum atomic E-state index is 13.5. The second-order valence-electron chi connectivity index (χ2n) is 3.33. The molecule has 0 aliphatic rings. The fraction of sp³-hybridized carbons (Fsp3) is 0.182. The standard InChI is InChI=1S/C11H11FN2OS/c1-7-6-16-11(14-7)15-10-3-2-8(5-13)4-9(10)12/h2-4,6H,5,13H2,1H3. The van der Waals surface area contributed by atoms with Gasteiger partial charge in [-0.05, 0) is 24.6 Å². The lowest BCUT2D eigenvalue weighted by molar-refractivity contribution is 0.438. The first kappa shape index (κ1) is 11.0. The highest BCUT2D eigenvalue weighted by atomic mass is 32.1. The van der Waals surface area contributed by atoms with Crippen LogP contribution in [0.5, 0.6) is 10.9 Å². The molecule has 1 aromatic carbocycles. The van der Waals surface area contributed by atoms with Crippen molar-refractivity contribution in [1.82, 2.24) is 4.98 Å². The Morgan fingerprint density at radius 3 is 2.88 bits per heavy atom. The van der Waals surface area contributed by atoms with Gasteiger partial charge in [0.05, 0.1) is 5.69 Å². The second-order valence-corrected chi connectivity index (χ2v) is 4.15. The zero-order chi connectivity index (χ0) is 11.5. The molecule has 0 amide bonds. The predicted molar refractivity (Wildman–Crippen MR) is 61.2 cm³/mol. The number of hydrogen-bond donors (Lipinski definition) is 1. The molecule has 84 valence electrons. The van der Waals surface area contributed by atoms with Crippen LogP contribution >= 0.6 is 11.3 Å². The molecule has 5 heteroatoms. The van der Waals surface area contributed by atoms with E-state index < -0.39 is 5.82 Å². The average molecular weight is 238 g/mol. The van der Waals surface area contributed by atoms with E-state index >= 15 is 0 Å². The fourth-order valence-electron chi connectivity index (χ4n) is 1.23. The van der Waals surface area contributed by atoms with Crippen molar-refractivity contribution in [2.45, 2.75) is 13.5 Å². The maximum absolute atomic E-state index is 13.5. The number of aromatic nitrogens is 1. The number of nitrogens with zero attached hydrogens (tertiary/aromatic N) is 1. The van der Waals surface area contributed by atoms with Crippen LogP contribution in [0.2, 0.25) is 0 Å². The van der Waals surface area contributed by atoms with Crippen LogP contribution in [0, 0.1) is 12.7 Å². The molecular weight excluding hydrogens is 227 g/mol. The van der Waals surface area contributed by atoms with E-state index in [0.717, 1.165) is 11.3 Å². The Labute approximate surface area is 96.7 Å². The van der Waals surface area contributed by atoms with Gasteiger partial charge in [-0.3, -0.25) is 0 Å². The molecule has 0 saturated heterocycles. The van der Waals surface area contributed by atoms with Crippen LogP contribution in [-0.2, 0) is 6.54 Å². The summed E-state index contributed by atoms with van der Waals surface area (Å²) >= 11 is 1.34. The highest BCUT2D eigenvalue weighted by Gasteiger charge is 2.07. The van der Waals surface area contributed by atoms with Crippen LogP contribution in [-0.4, -0.2) is 4.98 Å². The summed E-state index contributed by atoms with van der Waals surface area (Å²) in [6, 6.07) is 4.67. The number of aryl methyl sites for hydroxylation is 1. The van der Waals surface area contributed by atoms with E-state index in [1.54, 1.807) is 12.1 Å². The summed E-state index contributed by atoms with van der Waals surface area (Å²) in [6.07, 6.45) is 0. The van der Waals surface area contributed by atoms with E-state index in [4.69, 9.17) is 10.5 Å². The molecule has 16 heavy (non-hydrogen) atoms. The van der Waals surface area contributed by atoms with Gasteiger partial charge >= 0.3 is 0 Å². The monoisotopic (exact) mass is 238 g/mol. The first-order valence-electron chi connectivity index (χ1n) is 4.77. The average Bonchev–Trinajstić information content (AvgIpc) is 2.67. The highest BCUT2D eigenvalue weighted by Crippen LogP contribution is 2.27. The van der Waals surface area contributed by atoms with Crippen molar-refractivity contribution >= 4 is 11.3 Å². The van der Waals surface area contributed by atoms with Crippen LogP contribution in [0.3, 0.4) is 0 Å². The van der Waals surface area contributed by atoms with Gasteiger partial charge in [-0.1, -0.05) is 17.4 Å². The molecule has 0 aliphatic carbocycles. The quantitative estimate of drug-likeness (QED) is 0.894. The predicted octanol–water partition coefficient (Wildman–Crippen LogP) is 2.84. The fourth-order valence-corrected chi connectivity index (χ4v) is 1.89. The van der Waals surface area contributed by atoms with Crippen LogP contribution in [0.4, 0.5) is 4.39 Å². The van der Waals surface area contributed by atoms with Gasteiger partial charge in [-0.25, -0.2) is 9.37 Å². The summed E-state index contributed by atoms with van der Waals surface area (Å²) in [5.41, 5.74) is 7.00. The molecule has 1 heterocycles. The van der Waals surface area contributed by atoms with Crippen LogP contribution < -0.4 is 10.5 Å². The number of rotatable bonds is 3. The first-order chi connectivity index (χ1) is 7.69. The summed E-state index contributed by atoms with van der Waals surface area (Å²) in [5.74, 6) is -0.248. The van der Waals surface area contributed by atoms with E-state index in [1.165, 1.54) is 17.4 Å². The molecule has 2 N–H and O–H groups in total. The molecule has 0 saturated carbocycles. The Morgan fingerprint density at radius 1 is 1.50 bits per heavy atom. The molecule has 2 aromatic rings. The number of thiazole rings is 1. The summed E-state index contributed by atoms with van der Waals surface area (Å²) < 4.78 is 18.8. The summed E-state index contributed by atoms with van der Waals surface area (Å²) in [6.45, 7) is 2.17. The van der Waals surface area contributed by atoms with Crippen molar-refractivity contribution in [1.29, 1.82) is 0 Å². The van der Waals surface area contributed by atoms with Crippen LogP contribution in [0.1, 0.15) is 11.3 Å². The minimum Gasteiger partial charge on any atom is -0.428 e. The smallest absolute Gasteiger partial charge is 0.278 e. The number of benzene rings is 1. The van der Waals surface area contributed by atoms with E-state index in [-0.39, 0.29) is 5.75 Å².